The molecule has 0 saturated carbocycles. The van der Waals surface area contributed by atoms with E-state index in [1.165, 1.54) is 5.56 Å². The second-order valence-corrected chi connectivity index (χ2v) is 6.22. The van der Waals surface area contributed by atoms with Gasteiger partial charge in [0, 0.05) is 24.5 Å². The van der Waals surface area contributed by atoms with Crippen LogP contribution in [0.25, 0.3) is 10.9 Å². The lowest BCUT2D eigenvalue weighted by molar-refractivity contribution is -0.0238. The van der Waals surface area contributed by atoms with Crippen LogP contribution in [0.1, 0.15) is 24.5 Å². The number of nitrogens with one attached hydrogen (secondary N) is 1. The summed E-state index contributed by atoms with van der Waals surface area (Å²) in [6, 6.07) is 18.6. The van der Waals surface area contributed by atoms with E-state index >= 15 is 0 Å². The van der Waals surface area contributed by atoms with Crippen LogP contribution in [0.4, 0.5) is 5.82 Å². The summed E-state index contributed by atoms with van der Waals surface area (Å²) in [4.78, 5) is 8.75. The molecule has 2 unspecified atom stereocenters. The molecular formula is C20H21N3O. The molecule has 1 N–H and O–H groups in total. The zero-order valence-electron chi connectivity index (χ0n) is 13.6. The number of hydrogen-bond acceptors (Lipinski definition) is 4. The summed E-state index contributed by atoms with van der Waals surface area (Å²) < 4.78 is 6.08. The monoisotopic (exact) mass is 319 g/mol. The minimum Gasteiger partial charge on any atom is -0.373 e. The number of para-hydroxylation sites is 1. The van der Waals surface area contributed by atoms with Gasteiger partial charge in [0.15, 0.2) is 0 Å². The molecule has 0 amide bonds. The first-order valence-corrected chi connectivity index (χ1v) is 8.52. The lowest BCUT2D eigenvalue weighted by Gasteiger charge is -2.32. The summed E-state index contributed by atoms with van der Waals surface area (Å²) >= 11 is 0. The van der Waals surface area contributed by atoms with Crippen molar-refractivity contribution in [3.8, 4) is 0 Å². The molecule has 0 aliphatic carbocycles. The molecular weight excluding hydrogens is 298 g/mol. The number of benzene rings is 2. The van der Waals surface area contributed by atoms with Gasteiger partial charge in [0.25, 0.3) is 0 Å². The van der Waals surface area contributed by atoms with Crippen LogP contribution in [0.3, 0.4) is 0 Å². The Balaban J connectivity index is 1.53. The summed E-state index contributed by atoms with van der Waals surface area (Å²) in [6.07, 6.45) is 4.05. The van der Waals surface area contributed by atoms with Crippen molar-refractivity contribution in [2.75, 3.05) is 18.5 Å². The van der Waals surface area contributed by atoms with Gasteiger partial charge in [-0.2, -0.15) is 0 Å². The molecule has 4 rings (SSSR count). The van der Waals surface area contributed by atoms with E-state index in [2.05, 4.69) is 45.6 Å². The van der Waals surface area contributed by atoms with E-state index in [9.17, 15) is 0 Å². The van der Waals surface area contributed by atoms with Crippen LogP contribution in [-0.4, -0.2) is 23.1 Å². The SMILES string of the molecule is c1ccc(C2OCCCC2CNc2ncnc3ccccc23)cc1. The van der Waals surface area contributed by atoms with Crippen LogP contribution in [0.15, 0.2) is 60.9 Å². The van der Waals surface area contributed by atoms with E-state index in [-0.39, 0.29) is 6.10 Å². The molecule has 1 aliphatic rings. The number of rotatable bonds is 4. The number of fused-ring (bicyclic) bond motifs is 1. The molecule has 3 aromatic rings. The lowest BCUT2D eigenvalue weighted by Crippen LogP contribution is -2.28. The average molecular weight is 319 g/mol. The van der Waals surface area contributed by atoms with Gasteiger partial charge in [0.2, 0.25) is 0 Å². The molecule has 0 spiro atoms. The van der Waals surface area contributed by atoms with Crippen molar-refractivity contribution < 1.29 is 4.74 Å². The molecule has 2 aromatic carbocycles. The largest absolute Gasteiger partial charge is 0.373 e. The average Bonchev–Trinajstić information content (AvgIpc) is 2.67. The first-order chi connectivity index (χ1) is 11.9. The number of nitrogens with zero attached hydrogens (tertiary/aromatic N) is 2. The second kappa shape index (κ2) is 6.97. The van der Waals surface area contributed by atoms with Gasteiger partial charge in [0.05, 0.1) is 11.6 Å². The van der Waals surface area contributed by atoms with Crippen molar-refractivity contribution in [2.24, 2.45) is 5.92 Å². The Hall–Kier alpha value is -2.46. The molecule has 0 bridgehead atoms. The third-order valence-corrected chi connectivity index (χ3v) is 4.65. The normalized spacial score (nSPS) is 20.8. The number of ether oxygens (including phenoxy) is 1. The number of aromatic nitrogens is 2. The Morgan fingerprint density at radius 2 is 1.83 bits per heavy atom. The maximum absolute atomic E-state index is 6.08. The molecule has 4 nitrogen and oxygen atoms in total. The molecule has 1 aliphatic heterocycles. The smallest absolute Gasteiger partial charge is 0.137 e. The summed E-state index contributed by atoms with van der Waals surface area (Å²) in [5.41, 5.74) is 2.23. The zero-order chi connectivity index (χ0) is 16.2. The van der Waals surface area contributed by atoms with E-state index in [1.54, 1.807) is 6.33 Å². The fourth-order valence-corrected chi connectivity index (χ4v) is 3.44. The predicted octanol–water partition coefficient (Wildman–Crippen LogP) is 4.21. The minimum absolute atomic E-state index is 0.153. The van der Waals surface area contributed by atoms with Crippen LogP contribution in [0.2, 0.25) is 0 Å². The zero-order valence-corrected chi connectivity index (χ0v) is 13.6. The standard InChI is InChI=1S/C20H21N3O/c1-2-7-15(8-3-1)19-16(9-6-12-24-19)13-21-20-17-10-4-5-11-18(17)22-14-23-20/h1-5,7-8,10-11,14,16,19H,6,9,12-13H2,(H,21,22,23). The summed E-state index contributed by atoms with van der Waals surface area (Å²) in [6.45, 7) is 1.69. The number of anilines is 1. The highest BCUT2D eigenvalue weighted by Gasteiger charge is 2.27. The van der Waals surface area contributed by atoms with Crippen LogP contribution in [0, 0.1) is 5.92 Å². The quantitative estimate of drug-likeness (QED) is 0.782. The van der Waals surface area contributed by atoms with Gasteiger partial charge in [-0.25, -0.2) is 9.97 Å². The van der Waals surface area contributed by atoms with Crippen LogP contribution >= 0.6 is 0 Å². The molecule has 0 radical (unpaired) electrons. The molecule has 1 aromatic heterocycles. The van der Waals surface area contributed by atoms with Crippen molar-refractivity contribution in [2.45, 2.75) is 18.9 Å². The molecule has 1 saturated heterocycles. The van der Waals surface area contributed by atoms with Gasteiger partial charge < -0.3 is 10.1 Å². The predicted molar refractivity (Wildman–Crippen MR) is 95.9 cm³/mol. The van der Waals surface area contributed by atoms with Gasteiger partial charge in [-0.15, -0.1) is 0 Å². The summed E-state index contributed by atoms with van der Waals surface area (Å²) in [7, 11) is 0. The van der Waals surface area contributed by atoms with Crippen molar-refractivity contribution >= 4 is 16.7 Å². The Morgan fingerprint density at radius 3 is 2.75 bits per heavy atom. The minimum atomic E-state index is 0.153. The first-order valence-electron chi connectivity index (χ1n) is 8.52. The van der Waals surface area contributed by atoms with E-state index < -0.39 is 0 Å². The first kappa shape index (κ1) is 15.1. The Bertz CT molecular complexity index is 801. The Kier molecular flexibility index (Phi) is 4.38. The van der Waals surface area contributed by atoms with Crippen molar-refractivity contribution in [1.82, 2.24) is 9.97 Å². The lowest BCUT2D eigenvalue weighted by atomic mass is 9.89. The van der Waals surface area contributed by atoms with Crippen LogP contribution < -0.4 is 5.32 Å². The van der Waals surface area contributed by atoms with Gasteiger partial charge in [-0.1, -0.05) is 42.5 Å². The molecule has 4 heteroatoms. The van der Waals surface area contributed by atoms with E-state index in [0.717, 1.165) is 42.7 Å². The second-order valence-electron chi connectivity index (χ2n) is 6.22. The van der Waals surface area contributed by atoms with E-state index in [4.69, 9.17) is 4.74 Å². The van der Waals surface area contributed by atoms with Crippen molar-refractivity contribution in [1.29, 1.82) is 0 Å². The highest BCUT2D eigenvalue weighted by atomic mass is 16.5. The molecule has 24 heavy (non-hydrogen) atoms. The maximum atomic E-state index is 6.08. The summed E-state index contributed by atoms with van der Waals surface area (Å²) in [5, 5.41) is 4.59. The molecule has 122 valence electrons. The van der Waals surface area contributed by atoms with Gasteiger partial charge >= 0.3 is 0 Å². The van der Waals surface area contributed by atoms with Crippen LogP contribution in [-0.2, 0) is 4.74 Å². The Morgan fingerprint density at radius 1 is 1.00 bits per heavy atom. The highest BCUT2D eigenvalue weighted by Crippen LogP contribution is 2.34. The molecule has 1 fully saturated rings. The van der Waals surface area contributed by atoms with Crippen molar-refractivity contribution in [3.05, 3.63) is 66.5 Å². The molecule has 2 heterocycles. The van der Waals surface area contributed by atoms with Gasteiger partial charge in [-0.3, -0.25) is 0 Å². The van der Waals surface area contributed by atoms with Crippen molar-refractivity contribution in [3.63, 3.8) is 0 Å². The van der Waals surface area contributed by atoms with Crippen LogP contribution in [0.5, 0.6) is 0 Å². The van der Waals surface area contributed by atoms with Gasteiger partial charge in [-0.05, 0) is 30.5 Å². The Labute approximate surface area is 141 Å². The third-order valence-electron chi connectivity index (χ3n) is 4.65. The third kappa shape index (κ3) is 3.10. The van der Waals surface area contributed by atoms with Gasteiger partial charge in [0.1, 0.15) is 12.1 Å². The van der Waals surface area contributed by atoms with E-state index in [0.29, 0.717) is 5.92 Å². The van der Waals surface area contributed by atoms with E-state index in [1.807, 2.05) is 24.3 Å². The maximum Gasteiger partial charge on any atom is 0.137 e. The fourth-order valence-electron chi connectivity index (χ4n) is 3.44. The highest BCUT2D eigenvalue weighted by molar-refractivity contribution is 5.88. The molecule has 2 atom stereocenters. The topological polar surface area (TPSA) is 47.0 Å². The fraction of sp³-hybridized carbons (Fsp3) is 0.300. The summed E-state index contributed by atoms with van der Waals surface area (Å²) in [5.74, 6) is 1.34. The number of hydrogen-bond donors (Lipinski definition) is 1.